The Balaban J connectivity index is 1.84. The van der Waals surface area contributed by atoms with Gasteiger partial charge in [-0.25, -0.2) is 9.98 Å². The predicted octanol–water partition coefficient (Wildman–Crippen LogP) is 4.16. The van der Waals surface area contributed by atoms with Crippen LogP contribution < -0.4 is 0 Å². The largest absolute Gasteiger partial charge is 0.508 e. The molecule has 0 aliphatic heterocycles. The highest BCUT2D eigenvalue weighted by atomic mass is 16.3. The van der Waals surface area contributed by atoms with Gasteiger partial charge in [0.2, 0.25) is 0 Å². The normalized spacial score (nSPS) is 11.4. The maximum absolute atomic E-state index is 9.51. The lowest BCUT2D eigenvalue weighted by atomic mass is 10.1. The second kappa shape index (κ2) is 6.13. The van der Waals surface area contributed by atoms with E-state index in [2.05, 4.69) is 9.98 Å². The summed E-state index contributed by atoms with van der Waals surface area (Å²) in [6.45, 7) is 0. The standard InChI is InChI=1S/C20H15N3O2/c24-16-8-4-14(5-9-16)13-21-20-19(15-6-10-17(25)11-7-15)22-18-3-1-2-12-23(18)20/h1-13,24-25H. The second-order valence-electron chi connectivity index (χ2n) is 5.61. The summed E-state index contributed by atoms with van der Waals surface area (Å²) < 4.78 is 1.92. The summed E-state index contributed by atoms with van der Waals surface area (Å²) in [7, 11) is 0. The van der Waals surface area contributed by atoms with Crippen molar-refractivity contribution in [2.45, 2.75) is 0 Å². The number of pyridine rings is 1. The summed E-state index contributed by atoms with van der Waals surface area (Å²) in [6, 6.07) is 19.5. The van der Waals surface area contributed by atoms with Gasteiger partial charge in [0.1, 0.15) is 22.8 Å². The van der Waals surface area contributed by atoms with Crippen LogP contribution in [0.25, 0.3) is 16.9 Å². The van der Waals surface area contributed by atoms with Gasteiger partial charge in [-0.05, 0) is 66.2 Å². The Morgan fingerprint density at radius 2 is 1.52 bits per heavy atom. The van der Waals surface area contributed by atoms with Gasteiger partial charge in [0.05, 0.1) is 0 Å². The maximum Gasteiger partial charge on any atom is 0.165 e. The number of hydrogen-bond acceptors (Lipinski definition) is 4. The number of aromatic nitrogens is 2. The van der Waals surface area contributed by atoms with Crippen molar-refractivity contribution in [1.29, 1.82) is 0 Å². The minimum Gasteiger partial charge on any atom is -0.508 e. The van der Waals surface area contributed by atoms with Gasteiger partial charge in [-0.15, -0.1) is 0 Å². The molecule has 0 amide bonds. The Labute approximate surface area is 144 Å². The Morgan fingerprint density at radius 1 is 0.840 bits per heavy atom. The molecule has 0 radical (unpaired) electrons. The molecule has 0 fully saturated rings. The number of aromatic hydroxyl groups is 2. The third-order valence-corrected chi connectivity index (χ3v) is 3.87. The molecule has 0 spiro atoms. The van der Waals surface area contributed by atoms with Gasteiger partial charge in [-0.2, -0.15) is 0 Å². The van der Waals surface area contributed by atoms with E-state index in [4.69, 9.17) is 0 Å². The van der Waals surface area contributed by atoms with Crippen LogP contribution in [0.3, 0.4) is 0 Å². The van der Waals surface area contributed by atoms with Crippen LogP contribution in [0.15, 0.2) is 77.9 Å². The van der Waals surface area contributed by atoms with E-state index < -0.39 is 0 Å². The number of phenolic OH excluding ortho intramolecular Hbond substituents is 2. The molecule has 25 heavy (non-hydrogen) atoms. The average molecular weight is 329 g/mol. The molecule has 4 rings (SSSR count). The molecule has 0 saturated heterocycles. The molecule has 0 bridgehead atoms. The molecule has 2 aromatic heterocycles. The fourth-order valence-corrected chi connectivity index (χ4v) is 2.62. The van der Waals surface area contributed by atoms with Crippen molar-refractivity contribution in [3.05, 3.63) is 78.5 Å². The zero-order valence-corrected chi connectivity index (χ0v) is 13.2. The lowest BCUT2D eigenvalue weighted by molar-refractivity contribution is 0.475. The number of rotatable bonds is 3. The van der Waals surface area contributed by atoms with E-state index in [1.807, 2.05) is 40.9 Å². The molecule has 2 N–H and O–H groups in total. The zero-order chi connectivity index (χ0) is 17.2. The highest BCUT2D eigenvalue weighted by molar-refractivity contribution is 5.85. The van der Waals surface area contributed by atoms with Crippen molar-refractivity contribution in [2.75, 3.05) is 0 Å². The van der Waals surface area contributed by atoms with Crippen LogP contribution in [0.2, 0.25) is 0 Å². The molecule has 2 aromatic carbocycles. The van der Waals surface area contributed by atoms with Crippen molar-refractivity contribution in [1.82, 2.24) is 9.38 Å². The smallest absolute Gasteiger partial charge is 0.165 e. The van der Waals surface area contributed by atoms with Crippen LogP contribution in [0.5, 0.6) is 11.5 Å². The molecule has 0 atom stereocenters. The van der Waals surface area contributed by atoms with Crippen molar-refractivity contribution in [3.8, 4) is 22.8 Å². The molecule has 0 aliphatic rings. The highest BCUT2D eigenvalue weighted by Gasteiger charge is 2.12. The summed E-state index contributed by atoms with van der Waals surface area (Å²) in [6.07, 6.45) is 3.65. The SMILES string of the molecule is Oc1ccc(C=Nc2c(-c3ccc(O)cc3)nc3ccccn23)cc1. The number of phenols is 2. The summed E-state index contributed by atoms with van der Waals surface area (Å²) >= 11 is 0. The summed E-state index contributed by atoms with van der Waals surface area (Å²) in [4.78, 5) is 9.29. The van der Waals surface area contributed by atoms with Crippen LogP contribution in [0, 0.1) is 0 Å². The van der Waals surface area contributed by atoms with E-state index in [9.17, 15) is 10.2 Å². The predicted molar refractivity (Wildman–Crippen MR) is 97.7 cm³/mol. The zero-order valence-electron chi connectivity index (χ0n) is 13.2. The van der Waals surface area contributed by atoms with Crippen LogP contribution in [0.4, 0.5) is 5.82 Å². The second-order valence-corrected chi connectivity index (χ2v) is 5.61. The fraction of sp³-hybridized carbons (Fsp3) is 0. The molecule has 0 saturated carbocycles. The van der Waals surface area contributed by atoms with Crippen molar-refractivity contribution < 1.29 is 10.2 Å². The number of fused-ring (bicyclic) bond motifs is 1. The third kappa shape index (κ3) is 2.95. The minimum absolute atomic E-state index is 0.210. The fourth-order valence-electron chi connectivity index (χ4n) is 2.62. The Morgan fingerprint density at radius 3 is 2.24 bits per heavy atom. The Bertz CT molecular complexity index is 1050. The lowest BCUT2D eigenvalue weighted by Crippen LogP contribution is -1.85. The molecule has 0 aliphatic carbocycles. The number of imidazole rings is 1. The molecule has 5 nitrogen and oxygen atoms in total. The highest BCUT2D eigenvalue weighted by Crippen LogP contribution is 2.31. The van der Waals surface area contributed by atoms with Gasteiger partial charge >= 0.3 is 0 Å². The van der Waals surface area contributed by atoms with E-state index in [1.54, 1.807) is 42.6 Å². The van der Waals surface area contributed by atoms with Crippen LogP contribution in [-0.4, -0.2) is 25.8 Å². The van der Waals surface area contributed by atoms with E-state index in [0.717, 1.165) is 22.5 Å². The van der Waals surface area contributed by atoms with E-state index in [0.29, 0.717) is 5.82 Å². The van der Waals surface area contributed by atoms with Gasteiger partial charge in [-0.3, -0.25) is 4.40 Å². The molecular formula is C20H15N3O2. The third-order valence-electron chi connectivity index (χ3n) is 3.87. The Kier molecular flexibility index (Phi) is 3.67. The monoisotopic (exact) mass is 329 g/mol. The maximum atomic E-state index is 9.51. The van der Waals surface area contributed by atoms with Gasteiger partial charge in [0, 0.05) is 18.0 Å². The van der Waals surface area contributed by atoms with E-state index in [1.165, 1.54) is 0 Å². The first-order valence-electron chi connectivity index (χ1n) is 7.80. The van der Waals surface area contributed by atoms with E-state index >= 15 is 0 Å². The van der Waals surface area contributed by atoms with Crippen molar-refractivity contribution in [2.24, 2.45) is 4.99 Å². The first kappa shape index (κ1) is 15.0. The molecule has 0 unspecified atom stereocenters. The van der Waals surface area contributed by atoms with E-state index in [-0.39, 0.29) is 11.5 Å². The van der Waals surface area contributed by atoms with Crippen LogP contribution in [-0.2, 0) is 0 Å². The van der Waals surface area contributed by atoms with Gasteiger partial charge in [0.25, 0.3) is 0 Å². The molecule has 122 valence electrons. The van der Waals surface area contributed by atoms with Crippen molar-refractivity contribution >= 4 is 17.7 Å². The quantitative estimate of drug-likeness (QED) is 0.554. The lowest BCUT2D eigenvalue weighted by Gasteiger charge is -2.01. The van der Waals surface area contributed by atoms with Gasteiger partial charge in [0.15, 0.2) is 5.82 Å². The molecule has 4 aromatic rings. The number of benzene rings is 2. The topological polar surface area (TPSA) is 70.1 Å². The molecule has 2 heterocycles. The van der Waals surface area contributed by atoms with Gasteiger partial charge < -0.3 is 10.2 Å². The first-order chi connectivity index (χ1) is 12.2. The minimum atomic E-state index is 0.210. The average Bonchev–Trinajstić information content (AvgIpc) is 3.00. The summed E-state index contributed by atoms with van der Waals surface area (Å²) in [5, 5.41) is 18.9. The van der Waals surface area contributed by atoms with Gasteiger partial charge in [-0.1, -0.05) is 6.07 Å². The van der Waals surface area contributed by atoms with Crippen molar-refractivity contribution in [3.63, 3.8) is 0 Å². The Hall–Kier alpha value is -3.60. The number of aliphatic imine (C=N–C) groups is 1. The molecule has 5 heteroatoms. The summed E-state index contributed by atoms with van der Waals surface area (Å²) in [5.74, 6) is 1.13. The number of hydrogen-bond donors (Lipinski definition) is 2. The molecular weight excluding hydrogens is 314 g/mol. The van der Waals surface area contributed by atoms with Crippen LogP contribution >= 0.6 is 0 Å². The number of nitrogens with zero attached hydrogens (tertiary/aromatic N) is 3. The van der Waals surface area contributed by atoms with Crippen LogP contribution in [0.1, 0.15) is 5.56 Å². The first-order valence-corrected chi connectivity index (χ1v) is 7.80. The summed E-state index contributed by atoms with van der Waals surface area (Å²) in [5.41, 5.74) is 3.28.